The van der Waals surface area contributed by atoms with Crippen molar-refractivity contribution in [1.82, 2.24) is 10.2 Å². The number of likely N-dealkylation sites (N-methyl/N-ethyl adjacent to an activating group) is 1. The summed E-state index contributed by atoms with van der Waals surface area (Å²) in [6.45, 7) is 9.19. The number of hydrogen-bond donors (Lipinski definition) is 1. The molecule has 0 aliphatic rings. The Labute approximate surface area is 234 Å². The van der Waals surface area contributed by atoms with Crippen LogP contribution in [0.1, 0.15) is 36.1 Å². The van der Waals surface area contributed by atoms with Gasteiger partial charge >= 0.3 is 0 Å². The van der Waals surface area contributed by atoms with E-state index in [4.69, 9.17) is 0 Å². The van der Waals surface area contributed by atoms with Gasteiger partial charge in [-0.05, 0) is 87.7 Å². The molecule has 3 aromatic carbocycles. The van der Waals surface area contributed by atoms with E-state index in [1.54, 1.807) is 50.2 Å². The highest BCUT2D eigenvalue weighted by Crippen LogP contribution is 2.27. The van der Waals surface area contributed by atoms with Gasteiger partial charge in [0.1, 0.15) is 12.6 Å². The zero-order chi connectivity index (χ0) is 28.0. The Morgan fingerprint density at radius 1 is 0.921 bits per heavy atom. The fourth-order valence-electron chi connectivity index (χ4n) is 4.20. The number of sulfonamides is 1. The molecule has 0 fully saturated rings. The molecule has 1 N–H and O–H groups in total. The van der Waals surface area contributed by atoms with Gasteiger partial charge in [-0.15, -0.1) is 0 Å². The lowest BCUT2D eigenvalue weighted by molar-refractivity contribution is -0.139. The van der Waals surface area contributed by atoms with Crippen LogP contribution in [0, 0.1) is 20.8 Å². The van der Waals surface area contributed by atoms with Crippen molar-refractivity contribution in [1.29, 1.82) is 0 Å². The maximum atomic E-state index is 13.9. The second kappa shape index (κ2) is 12.6. The molecule has 0 spiro atoms. The van der Waals surface area contributed by atoms with Crippen LogP contribution in [0.2, 0.25) is 0 Å². The fraction of sp³-hybridized carbons (Fsp3) is 0.310. The van der Waals surface area contributed by atoms with E-state index in [1.807, 2.05) is 51.1 Å². The third-order valence-electron chi connectivity index (χ3n) is 6.14. The molecule has 0 bridgehead atoms. The molecule has 0 aromatic heterocycles. The van der Waals surface area contributed by atoms with Gasteiger partial charge in [-0.25, -0.2) is 8.42 Å². The van der Waals surface area contributed by atoms with E-state index in [2.05, 4.69) is 21.2 Å². The molecule has 1 atom stereocenters. The van der Waals surface area contributed by atoms with Gasteiger partial charge < -0.3 is 10.2 Å². The first-order valence-electron chi connectivity index (χ1n) is 12.4. The number of carbonyl (C=O) groups excluding carboxylic acids is 2. The second-order valence-electron chi connectivity index (χ2n) is 9.39. The standard InChI is InChI=1S/C29H34BrN3O4S/c1-6-31-29(35)23(5)32(18-24-8-7-9-25(30)17-24)28(34)19-33(26-15-21(3)14-22(4)16-26)38(36,37)27-12-10-20(2)11-13-27/h7-17,23H,6,18-19H2,1-5H3,(H,31,35)/t23-/m0/s1. The minimum Gasteiger partial charge on any atom is -0.355 e. The van der Waals surface area contributed by atoms with Crippen molar-refractivity contribution in [3.63, 3.8) is 0 Å². The van der Waals surface area contributed by atoms with Crippen LogP contribution >= 0.6 is 15.9 Å². The van der Waals surface area contributed by atoms with Crippen molar-refractivity contribution in [2.75, 3.05) is 17.4 Å². The number of aryl methyl sites for hydroxylation is 3. The van der Waals surface area contributed by atoms with Crippen molar-refractivity contribution < 1.29 is 18.0 Å². The number of amides is 2. The number of anilines is 1. The lowest BCUT2D eigenvalue weighted by Crippen LogP contribution is -2.51. The largest absolute Gasteiger partial charge is 0.355 e. The Hall–Kier alpha value is -3.17. The van der Waals surface area contributed by atoms with Crippen LogP contribution in [0.5, 0.6) is 0 Å². The molecule has 0 radical (unpaired) electrons. The number of carbonyl (C=O) groups is 2. The van der Waals surface area contributed by atoms with Crippen molar-refractivity contribution in [3.8, 4) is 0 Å². The first-order valence-corrected chi connectivity index (χ1v) is 14.6. The summed E-state index contributed by atoms with van der Waals surface area (Å²) in [5.41, 5.74) is 3.87. The molecule has 38 heavy (non-hydrogen) atoms. The second-order valence-corrected chi connectivity index (χ2v) is 12.2. The molecule has 0 aliphatic heterocycles. The molecule has 0 heterocycles. The van der Waals surface area contributed by atoms with Crippen molar-refractivity contribution in [2.45, 2.75) is 52.1 Å². The van der Waals surface area contributed by atoms with Gasteiger partial charge in [-0.1, -0.05) is 51.8 Å². The first kappa shape index (κ1) is 29.4. The lowest BCUT2D eigenvalue weighted by Gasteiger charge is -2.32. The molecular weight excluding hydrogens is 566 g/mol. The molecule has 3 rings (SSSR count). The number of benzene rings is 3. The third kappa shape index (κ3) is 7.23. The SMILES string of the molecule is CCNC(=O)[C@H](C)N(Cc1cccc(Br)c1)C(=O)CN(c1cc(C)cc(C)c1)S(=O)(=O)c1ccc(C)cc1. The smallest absolute Gasteiger partial charge is 0.264 e. The molecule has 0 saturated heterocycles. The van der Waals surface area contributed by atoms with Crippen molar-refractivity contribution in [3.05, 3.63) is 93.5 Å². The van der Waals surface area contributed by atoms with Gasteiger partial charge in [0.15, 0.2) is 0 Å². The molecule has 7 nitrogen and oxygen atoms in total. The topological polar surface area (TPSA) is 86.8 Å². The average Bonchev–Trinajstić information content (AvgIpc) is 2.85. The fourth-order valence-corrected chi connectivity index (χ4v) is 6.04. The van der Waals surface area contributed by atoms with E-state index in [1.165, 1.54) is 4.90 Å². The Balaban J connectivity index is 2.07. The highest BCUT2D eigenvalue weighted by atomic mass is 79.9. The molecule has 0 unspecified atom stereocenters. The minimum absolute atomic E-state index is 0.0883. The maximum absolute atomic E-state index is 13.9. The normalized spacial score (nSPS) is 12.1. The third-order valence-corrected chi connectivity index (χ3v) is 8.42. The monoisotopic (exact) mass is 599 g/mol. The van der Waals surface area contributed by atoms with Crippen LogP contribution in [0.15, 0.2) is 76.1 Å². The Morgan fingerprint density at radius 3 is 2.13 bits per heavy atom. The first-order chi connectivity index (χ1) is 17.9. The highest BCUT2D eigenvalue weighted by molar-refractivity contribution is 9.10. The van der Waals surface area contributed by atoms with E-state index in [9.17, 15) is 18.0 Å². The Morgan fingerprint density at radius 2 is 1.55 bits per heavy atom. The predicted octanol–water partition coefficient (Wildman–Crippen LogP) is 5.12. The quantitative estimate of drug-likeness (QED) is 0.350. The van der Waals surface area contributed by atoms with Gasteiger partial charge in [-0.3, -0.25) is 13.9 Å². The van der Waals surface area contributed by atoms with Crippen LogP contribution in [-0.2, 0) is 26.2 Å². The van der Waals surface area contributed by atoms with E-state index in [-0.39, 0.29) is 17.3 Å². The summed E-state index contributed by atoms with van der Waals surface area (Å²) < 4.78 is 29.8. The minimum atomic E-state index is -4.09. The predicted molar refractivity (Wildman–Crippen MR) is 154 cm³/mol. The molecule has 0 saturated carbocycles. The summed E-state index contributed by atoms with van der Waals surface area (Å²) in [4.78, 5) is 28.2. The Bertz CT molecular complexity index is 1390. The number of nitrogens with one attached hydrogen (secondary N) is 1. The van der Waals surface area contributed by atoms with Crippen LogP contribution in [0.4, 0.5) is 5.69 Å². The van der Waals surface area contributed by atoms with E-state index < -0.39 is 28.5 Å². The van der Waals surface area contributed by atoms with Crippen molar-refractivity contribution in [2.24, 2.45) is 0 Å². The number of nitrogens with zero attached hydrogens (tertiary/aromatic N) is 2. The summed E-state index contributed by atoms with van der Waals surface area (Å²) in [7, 11) is -4.09. The lowest BCUT2D eigenvalue weighted by atomic mass is 10.1. The number of halogens is 1. The molecule has 202 valence electrons. The van der Waals surface area contributed by atoms with Gasteiger partial charge in [0.2, 0.25) is 11.8 Å². The van der Waals surface area contributed by atoms with E-state index in [0.717, 1.165) is 31.0 Å². The average molecular weight is 601 g/mol. The van der Waals surface area contributed by atoms with Gasteiger partial charge in [-0.2, -0.15) is 0 Å². The van der Waals surface area contributed by atoms with Crippen LogP contribution < -0.4 is 9.62 Å². The summed E-state index contributed by atoms with van der Waals surface area (Å²) >= 11 is 3.45. The number of hydrogen-bond acceptors (Lipinski definition) is 4. The van der Waals surface area contributed by atoms with Crippen LogP contribution in [-0.4, -0.2) is 44.3 Å². The summed E-state index contributed by atoms with van der Waals surface area (Å²) in [5.74, 6) is -0.797. The highest BCUT2D eigenvalue weighted by Gasteiger charge is 2.32. The molecule has 9 heteroatoms. The summed E-state index contributed by atoms with van der Waals surface area (Å²) in [6.07, 6.45) is 0. The molecule has 0 aliphatic carbocycles. The van der Waals surface area contributed by atoms with Gasteiger partial charge in [0.05, 0.1) is 10.6 Å². The van der Waals surface area contributed by atoms with E-state index >= 15 is 0 Å². The maximum Gasteiger partial charge on any atom is 0.264 e. The Kier molecular flexibility index (Phi) is 9.73. The van der Waals surface area contributed by atoms with Gasteiger partial charge in [0.25, 0.3) is 10.0 Å². The molecular formula is C29H34BrN3O4S. The van der Waals surface area contributed by atoms with Crippen molar-refractivity contribution >= 4 is 43.5 Å². The zero-order valence-electron chi connectivity index (χ0n) is 22.4. The van der Waals surface area contributed by atoms with Crippen LogP contribution in [0.25, 0.3) is 0 Å². The summed E-state index contributed by atoms with van der Waals surface area (Å²) in [6, 6.07) is 18.6. The number of rotatable bonds is 10. The van der Waals surface area contributed by atoms with Gasteiger partial charge in [0, 0.05) is 17.6 Å². The molecule has 3 aromatic rings. The summed E-state index contributed by atoms with van der Waals surface area (Å²) in [5, 5.41) is 2.77. The van der Waals surface area contributed by atoms with Crippen LogP contribution in [0.3, 0.4) is 0 Å². The molecule has 2 amide bonds. The zero-order valence-corrected chi connectivity index (χ0v) is 24.8. The van der Waals surface area contributed by atoms with E-state index in [0.29, 0.717) is 12.2 Å².